The maximum absolute atomic E-state index is 13.2. The van der Waals surface area contributed by atoms with Crippen molar-refractivity contribution < 1.29 is 24.5 Å². The number of aromatic nitrogens is 3. The summed E-state index contributed by atoms with van der Waals surface area (Å²) in [6.45, 7) is 22.6. The summed E-state index contributed by atoms with van der Waals surface area (Å²) < 4.78 is 12.4. The maximum atomic E-state index is 13.2. The number of fused-ring (bicyclic) bond motifs is 2. The third kappa shape index (κ3) is 14.6. The standard InChI is InChI=1S/C45H59N7O6.3C2H6/c1-2-3-21-51(25-20-46-31-40(54)35-11-13-39(53)43-36(35)12-14-41(55)47-43)42(56)17-28-57-27-16-34-8-6-7-33(30-34)15-22-50-23-18-45(19-24-50)32-52(26-29-58-45)44-37-9-4-5-10-38(37)48-49-44;3*1-2/h4-14,30,40,46,53-54H,2-3,15-29,31-32H2,1H3,(H,47,55)(H,48,49);3*1-2H3. The van der Waals surface area contributed by atoms with Crippen LogP contribution in [0.4, 0.5) is 5.82 Å². The van der Waals surface area contributed by atoms with Crippen molar-refractivity contribution in [3.05, 3.63) is 99.8 Å². The summed E-state index contributed by atoms with van der Waals surface area (Å²) in [4.78, 5) is 34.4. The van der Waals surface area contributed by atoms with Gasteiger partial charge in [-0.2, -0.15) is 5.10 Å². The van der Waals surface area contributed by atoms with Crippen LogP contribution >= 0.6 is 0 Å². The van der Waals surface area contributed by atoms with Crippen LogP contribution in [-0.4, -0.2) is 125 Å². The minimum atomic E-state index is -0.856. The largest absolute Gasteiger partial charge is 0.506 e. The Labute approximate surface area is 381 Å². The number of aliphatic hydroxyl groups excluding tert-OH is 1. The Balaban J connectivity index is 0.00000144. The molecule has 13 heteroatoms. The van der Waals surface area contributed by atoms with Gasteiger partial charge in [0.1, 0.15) is 5.75 Å². The van der Waals surface area contributed by atoms with Gasteiger partial charge < -0.3 is 44.7 Å². The molecular formula is C51H77N7O6. The number of carbonyl (C=O) groups excluding carboxylic acids is 1. The van der Waals surface area contributed by atoms with Gasteiger partial charge in [0.2, 0.25) is 11.5 Å². The van der Waals surface area contributed by atoms with Gasteiger partial charge in [-0.3, -0.25) is 14.7 Å². The number of hydrogen-bond acceptors (Lipinski definition) is 10. The number of phenolic OH excluding ortho intramolecular Hbond substituents is 1. The van der Waals surface area contributed by atoms with Crippen molar-refractivity contribution in [3.63, 3.8) is 0 Å². The number of anilines is 1. The molecule has 352 valence electrons. The van der Waals surface area contributed by atoms with Gasteiger partial charge in [0, 0.05) is 75.7 Å². The van der Waals surface area contributed by atoms with Crippen LogP contribution < -0.4 is 15.8 Å². The first-order valence-electron chi connectivity index (χ1n) is 24.0. The maximum Gasteiger partial charge on any atom is 0.248 e. The number of H-pyrrole nitrogens is 2. The van der Waals surface area contributed by atoms with Crippen molar-refractivity contribution in [3.8, 4) is 5.75 Å². The van der Waals surface area contributed by atoms with E-state index < -0.39 is 6.10 Å². The minimum Gasteiger partial charge on any atom is -0.506 e. The molecule has 2 fully saturated rings. The van der Waals surface area contributed by atoms with E-state index in [0.717, 1.165) is 89.2 Å². The Morgan fingerprint density at radius 1 is 0.922 bits per heavy atom. The van der Waals surface area contributed by atoms with Gasteiger partial charge in [-0.15, -0.1) is 0 Å². The van der Waals surface area contributed by atoms with Crippen molar-refractivity contribution in [2.75, 3.05) is 83.6 Å². The summed E-state index contributed by atoms with van der Waals surface area (Å²) >= 11 is 0. The van der Waals surface area contributed by atoms with Gasteiger partial charge in [-0.05, 0) is 73.1 Å². The number of aromatic amines is 2. The van der Waals surface area contributed by atoms with Gasteiger partial charge in [0.05, 0.1) is 49.0 Å². The predicted molar refractivity (Wildman–Crippen MR) is 262 cm³/mol. The van der Waals surface area contributed by atoms with Crippen LogP contribution in [0, 0.1) is 0 Å². The van der Waals surface area contributed by atoms with E-state index >= 15 is 0 Å². The highest BCUT2D eigenvalue weighted by Crippen LogP contribution is 2.34. The number of carbonyl (C=O) groups is 1. The van der Waals surface area contributed by atoms with Crippen LogP contribution in [-0.2, 0) is 27.1 Å². The minimum absolute atomic E-state index is 0.0445. The van der Waals surface area contributed by atoms with Crippen LogP contribution in [0.3, 0.4) is 0 Å². The van der Waals surface area contributed by atoms with E-state index in [4.69, 9.17) is 9.47 Å². The summed E-state index contributed by atoms with van der Waals surface area (Å²) in [5.74, 6) is 1.05. The van der Waals surface area contributed by atoms with Crippen LogP contribution in [0.15, 0.2) is 77.6 Å². The summed E-state index contributed by atoms with van der Waals surface area (Å²) in [6, 6.07) is 23.2. The highest BCUT2D eigenvalue weighted by atomic mass is 16.5. The lowest BCUT2D eigenvalue weighted by atomic mass is 9.89. The number of phenols is 1. The summed E-state index contributed by atoms with van der Waals surface area (Å²) in [5, 5.41) is 33.9. The van der Waals surface area contributed by atoms with Crippen molar-refractivity contribution >= 4 is 33.5 Å². The molecule has 0 bridgehead atoms. The van der Waals surface area contributed by atoms with E-state index in [1.165, 1.54) is 28.6 Å². The van der Waals surface area contributed by atoms with Gasteiger partial charge in [0.15, 0.2) is 5.82 Å². The molecule has 7 rings (SSSR count). The average molecular weight is 884 g/mol. The number of benzene rings is 3. The number of rotatable bonds is 19. The van der Waals surface area contributed by atoms with Crippen LogP contribution in [0.2, 0.25) is 0 Å². The summed E-state index contributed by atoms with van der Waals surface area (Å²) in [7, 11) is 0. The molecule has 2 aliphatic rings. The Morgan fingerprint density at radius 2 is 1.67 bits per heavy atom. The molecule has 2 aliphatic heterocycles. The number of aliphatic hydroxyl groups is 1. The normalized spacial score (nSPS) is 15.1. The number of pyridine rings is 1. The van der Waals surface area contributed by atoms with E-state index in [2.05, 4.69) is 79.7 Å². The van der Waals surface area contributed by atoms with Crippen LogP contribution in [0.5, 0.6) is 5.75 Å². The number of para-hydroxylation sites is 1. The number of amides is 1. The molecular weight excluding hydrogens is 807 g/mol. The number of likely N-dealkylation sites (tertiary alicyclic amines) is 1. The van der Waals surface area contributed by atoms with E-state index in [1.54, 1.807) is 12.1 Å². The fraction of sp³-hybridized carbons (Fsp3) is 0.549. The first kappa shape index (κ1) is 51.8. The second kappa shape index (κ2) is 27.5. The second-order valence-electron chi connectivity index (χ2n) is 15.8. The molecule has 2 saturated heterocycles. The molecule has 0 saturated carbocycles. The molecule has 2 aromatic heterocycles. The Morgan fingerprint density at radius 3 is 2.44 bits per heavy atom. The monoisotopic (exact) mass is 884 g/mol. The zero-order chi connectivity index (χ0) is 46.3. The lowest BCUT2D eigenvalue weighted by Gasteiger charge is -2.47. The van der Waals surface area contributed by atoms with Crippen molar-refractivity contribution in [1.29, 1.82) is 0 Å². The number of morpholine rings is 1. The Kier molecular flexibility index (Phi) is 22.3. The smallest absolute Gasteiger partial charge is 0.248 e. The fourth-order valence-electron chi connectivity index (χ4n) is 8.36. The molecule has 0 aliphatic carbocycles. The average Bonchev–Trinajstić information content (AvgIpc) is 3.78. The van der Waals surface area contributed by atoms with E-state index in [9.17, 15) is 19.8 Å². The predicted octanol–water partition coefficient (Wildman–Crippen LogP) is 8.00. The number of ether oxygens (including phenoxy) is 2. The second-order valence-corrected chi connectivity index (χ2v) is 15.8. The summed E-state index contributed by atoms with van der Waals surface area (Å²) in [6.07, 6.45) is 5.21. The fourth-order valence-corrected chi connectivity index (χ4v) is 8.36. The van der Waals surface area contributed by atoms with E-state index in [1.807, 2.05) is 52.5 Å². The first-order chi connectivity index (χ1) is 31.3. The third-order valence-corrected chi connectivity index (χ3v) is 11.8. The molecule has 5 aromatic rings. The van der Waals surface area contributed by atoms with Gasteiger partial charge in [0.25, 0.3) is 0 Å². The van der Waals surface area contributed by atoms with Gasteiger partial charge >= 0.3 is 0 Å². The lowest BCUT2D eigenvalue weighted by molar-refractivity contribution is -0.132. The molecule has 1 unspecified atom stereocenters. The molecule has 3 aromatic carbocycles. The van der Waals surface area contributed by atoms with Crippen molar-refractivity contribution in [1.82, 2.24) is 30.3 Å². The lowest BCUT2D eigenvalue weighted by Crippen LogP contribution is -2.57. The van der Waals surface area contributed by atoms with Crippen LogP contribution in [0.25, 0.3) is 21.8 Å². The topological polar surface area (TPSA) is 159 Å². The summed E-state index contributed by atoms with van der Waals surface area (Å²) in [5.41, 5.74) is 4.12. The number of aromatic hydroxyl groups is 1. The zero-order valence-corrected chi connectivity index (χ0v) is 39.8. The molecule has 1 amide bonds. The molecule has 1 atom stereocenters. The van der Waals surface area contributed by atoms with E-state index in [0.29, 0.717) is 55.7 Å². The molecule has 1 spiro atoms. The quantitative estimate of drug-likeness (QED) is 0.0515. The molecule has 0 radical (unpaired) electrons. The molecule has 64 heavy (non-hydrogen) atoms. The third-order valence-electron chi connectivity index (χ3n) is 11.8. The number of unbranched alkanes of at least 4 members (excludes halogenated alkanes) is 1. The number of nitrogens with one attached hydrogen (secondary N) is 3. The number of hydrogen-bond donors (Lipinski definition) is 5. The SMILES string of the molecule is CC.CC.CC.CCCCN(CCNCC(O)c1ccc(O)c2[nH]c(=O)ccc12)C(=O)CCOCCc1cccc(CCN2CCC3(CC2)CN(c2n[nH]c4ccccc24)CCO3)c1. The highest BCUT2D eigenvalue weighted by molar-refractivity contribution is 5.90. The first-order valence-corrected chi connectivity index (χ1v) is 24.0. The van der Waals surface area contributed by atoms with Gasteiger partial charge in [-0.25, -0.2) is 0 Å². The van der Waals surface area contributed by atoms with Gasteiger partial charge in [-0.1, -0.05) is 97.4 Å². The number of nitrogens with zero attached hydrogens (tertiary/aromatic N) is 4. The van der Waals surface area contributed by atoms with Crippen molar-refractivity contribution in [2.45, 2.75) is 105 Å². The number of piperidine rings is 1. The highest BCUT2D eigenvalue weighted by Gasteiger charge is 2.40. The Bertz CT molecular complexity index is 2160. The van der Waals surface area contributed by atoms with Crippen molar-refractivity contribution in [2.24, 2.45) is 0 Å². The van der Waals surface area contributed by atoms with Crippen LogP contribution in [0.1, 0.15) is 103 Å². The molecule has 5 N–H and O–H groups in total. The Hall–Kier alpha value is -4.79. The molecule has 4 heterocycles. The van der Waals surface area contributed by atoms with E-state index in [-0.39, 0.29) is 29.4 Å². The molecule has 13 nitrogen and oxygen atoms in total. The zero-order valence-electron chi connectivity index (χ0n) is 39.8.